The third kappa shape index (κ3) is 7.06. The van der Waals surface area contributed by atoms with E-state index in [1.54, 1.807) is 0 Å². The Bertz CT molecular complexity index is 393. The zero-order chi connectivity index (χ0) is 13.8. The van der Waals surface area contributed by atoms with Gasteiger partial charge in [0, 0.05) is 31.0 Å². The molecule has 0 unspecified atom stereocenters. The van der Waals surface area contributed by atoms with Crippen molar-refractivity contribution < 1.29 is 9.84 Å². The molecule has 5 heteroatoms. The van der Waals surface area contributed by atoms with Gasteiger partial charge in [-0.2, -0.15) is 17.0 Å². The molecule has 0 saturated heterocycles. The van der Waals surface area contributed by atoms with Crippen molar-refractivity contribution in [3.8, 4) is 11.8 Å². The first kappa shape index (κ1) is 15.8. The minimum atomic E-state index is 0.0774. The van der Waals surface area contributed by atoms with Crippen LogP contribution in [0, 0.1) is 11.3 Å². The van der Waals surface area contributed by atoms with Crippen LogP contribution in [0.4, 0.5) is 0 Å². The molecule has 2 N–H and O–H groups in total. The summed E-state index contributed by atoms with van der Waals surface area (Å²) < 4.78 is 5.36. The van der Waals surface area contributed by atoms with Crippen molar-refractivity contribution in [2.75, 3.05) is 31.3 Å². The van der Waals surface area contributed by atoms with Gasteiger partial charge in [-0.1, -0.05) is 18.2 Å². The summed E-state index contributed by atoms with van der Waals surface area (Å²) in [7, 11) is 0. The van der Waals surface area contributed by atoms with Crippen molar-refractivity contribution >= 4 is 11.8 Å². The fraction of sp³-hybridized carbons (Fsp3) is 0.500. The van der Waals surface area contributed by atoms with Crippen LogP contribution in [-0.4, -0.2) is 36.4 Å². The van der Waals surface area contributed by atoms with Crippen LogP contribution in [-0.2, 0) is 6.54 Å². The number of rotatable bonds is 10. The number of hydrogen-bond donors (Lipinski definition) is 2. The van der Waals surface area contributed by atoms with E-state index in [-0.39, 0.29) is 13.2 Å². The Kier molecular flexibility index (Phi) is 8.90. The average Bonchev–Trinajstić information content (AvgIpc) is 2.45. The summed E-state index contributed by atoms with van der Waals surface area (Å²) >= 11 is 1.83. The predicted octanol–water partition coefficient (Wildman–Crippen LogP) is 1.79. The Hall–Kier alpha value is -1.22. The number of aliphatic hydroxyl groups is 1. The van der Waals surface area contributed by atoms with Crippen molar-refractivity contribution in [1.82, 2.24) is 5.32 Å². The topological polar surface area (TPSA) is 65.3 Å². The molecule has 0 aliphatic heterocycles. The van der Waals surface area contributed by atoms with Gasteiger partial charge in [-0.25, -0.2) is 0 Å². The van der Waals surface area contributed by atoms with E-state index in [0.717, 1.165) is 42.3 Å². The third-order valence-corrected chi connectivity index (χ3v) is 3.52. The van der Waals surface area contributed by atoms with E-state index in [1.807, 2.05) is 42.1 Å². The Morgan fingerprint density at radius 3 is 2.95 bits per heavy atom. The van der Waals surface area contributed by atoms with Gasteiger partial charge in [0.2, 0.25) is 0 Å². The first-order valence-corrected chi connectivity index (χ1v) is 7.51. The van der Waals surface area contributed by atoms with Gasteiger partial charge in [0.25, 0.3) is 0 Å². The monoisotopic (exact) mass is 280 g/mol. The van der Waals surface area contributed by atoms with Crippen LogP contribution in [0.3, 0.4) is 0 Å². The van der Waals surface area contributed by atoms with Crippen LogP contribution in [0.1, 0.15) is 12.0 Å². The van der Waals surface area contributed by atoms with Crippen LogP contribution >= 0.6 is 11.8 Å². The van der Waals surface area contributed by atoms with Gasteiger partial charge in [-0.3, -0.25) is 0 Å². The zero-order valence-corrected chi connectivity index (χ0v) is 11.8. The second-order valence-electron chi connectivity index (χ2n) is 3.92. The minimum absolute atomic E-state index is 0.0774. The Morgan fingerprint density at radius 2 is 2.16 bits per heavy atom. The molecule has 0 saturated carbocycles. The molecule has 1 rings (SSSR count). The standard InChI is InChI=1S/C14H20N2O2S/c15-6-9-18-14-5-2-1-4-13(14)12-16-7-11-19-10-3-8-17/h1-2,4-5,16-17H,3,7-12H2. The smallest absolute Gasteiger partial charge is 0.174 e. The van der Waals surface area contributed by atoms with Gasteiger partial charge in [0.05, 0.1) is 0 Å². The number of aliphatic hydroxyl groups excluding tert-OH is 1. The molecule has 0 aliphatic carbocycles. The second kappa shape index (κ2) is 10.7. The normalized spacial score (nSPS) is 10.1. The first-order valence-electron chi connectivity index (χ1n) is 6.35. The summed E-state index contributed by atoms with van der Waals surface area (Å²) in [6.07, 6.45) is 0.857. The summed E-state index contributed by atoms with van der Waals surface area (Å²) in [6.45, 7) is 2.00. The van der Waals surface area contributed by atoms with Crippen molar-refractivity contribution in [2.24, 2.45) is 0 Å². The molecule has 4 nitrogen and oxygen atoms in total. The molecule has 0 aromatic heterocycles. The van der Waals surface area contributed by atoms with Crippen LogP contribution in [0.15, 0.2) is 24.3 Å². The lowest BCUT2D eigenvalue weighted by atomic mass is 10.2. The number of nitrogens with one attached hydrogen (secondary N) is 1. The summed E-state index contributed by atoms with van der Waals surface area (Å²) in [5.41, 5.74) is 1.07. The van der Waals surface area contributed by atoms with Crippen LogP contribution < -0.4 is 10.1 Å². The largest absolute Gasteiger partial charge is 0.478 e. The summed E-state index contributed by atoms with van der Waals surface area (Å²) in [6, 6.07) is 9.72. The molecule has 0 bridgehead atoms. The third-order valence-electron chi connectivity index (χ3n) is 2.45. The van der Waals surface area contributed by atoms with Gasteiger partial charge in [0.1, 0.15) is 11.8 Å². The SMILES string of the molecule is N#CCOc1ccccc1CNCCSCCCO. The van der Waals surface area contributed by atoms with Gasteiger partial charge in [-0.05, 0) is 18.2 Å². The summed E-state index contributed by atoms with van der Waals surface area (Å²) in [5.74, 6) is 2.80. The van der Waals surface area contributed by atoms with Gasteiger partial charge in [0.15, 0.2) is 6.61 Å². The molecule has 0 heterocycles. The Morgan fingerprint density at radius 1 is 1.32 bits per heavy atom. The molecule has 0 spiro atoms. The van der Waals surface area contributed by atoms with E-state index in [0.29, 0.717) is 0 Å². The molecule has 0 atom stereocenters. The van der Waals surface area contributed by atoms with Crippen molar-refractivity contribution in [2.45, 2.75) is 13.0 Å². The van der Waals surface area contributed by atoms with Gasteiger partial charge >= 0.3 is 0 Å². The molecule has 19 heavy (non-hydrogen) atoms. The lowest BCUT2D eigenvalue weighted by Gasteiger charge is -2.10. The highest BCUT2D eigenvalue weighted by Crippen LogP contribution is 2.17. The first-order chi connectivity index (χ1) is 9.38. The number of thioether (sulfide) groups is 1. The number of para-hydroxylation sites is 1. The molecular formula is C14H20N2O2S. The quantitative estimate of drug-likeness (QED) is 0.640. The van der Waals surface area contributed by atoms with E-state index in [2.05, 4.69) is 5.32 Å². The summed E-state index contributed by atoms with van der Waals surface area (Å²) in [4.78, 5) is 0. The molecular weight excluding hydrogens is 260 g/mol. The number of hydrogen-bond acceptors (Lipinski definition) is 5. The van der Waals surface area contributed by atoms with Crippen LogP contribution in [0.5, 0.6) is 5.75 Å². The molecule has 0 aliphatic rings. The number of ether oxygens (including phenoxy) is 1. The highest BCUT2D eigenvalue weighted by Gasteiger charge is 2.01. The Balaban J connectivity index is 2.23. The maximum atomic E-state index is 8.65. The summed E-state index contributed by atoms with van der Waals surface area (Å²) in [5, 5.41) is 20.5. The maximum absolute atomic E-state index is 8.65. The number of nitrogens with zero attached hydrogens (tertiary/aromatic N) is 1. The molecule has 1 aromatic carbocycles. The maximum Gasteiger partial charge on any atom is 0.174 e. The Labute approximate surface area is 118 Å². The molecule has 0 fully saturated rings. The predicted molar refractivity (Wildman–Crippen MR) is 78.3 cm³/mol. The van der Waals surface area contributed by atoms with E-state index in [9.17, 15) is 0 Å². The van der Waals surface area contributed by atoms with E-state index >= 15 is 0 Å². The van der Waals surface area contributed by atoms with Crippen molar-refractivity contribution in [3.63, 3.8) is 0 Å². The molecule has 104 valence electrons. The fourth-order valence-electron chi connectivity index (χ4n) is 1.54. The van der Waals surface area contributed by atoms with E-state index < -0.39 is 0 Å². The lowest BCUT2D eigenvalue weighted by molar-refractivity contribution is 0.296. The van der Waals surface area contributed by atoms with Crippen molar-refractivity contribution in [3.05, 3.63) is 29.8 Å². The second-order valence-corrected chi connectivity index (χ2v) is 5.15. The minimum Gasteiger partial charge on any atom is -0.478 e. The molecule has 0 amide bonds. The highest BCUT2D eigenvalue weighted by molar-refractivity contribution is 7.99. The lowest BCUT2D eigenvalue weighted by Crippen LogP contribution is -2.17. The number of benzene rings is 1. The van der Waals surface area contributed by atoms with Crippen LogP contribution in [0.25, 0.3) is 0 Å². The van der Waals surface area contributed by atoms with E-state index in [4.69, 9.17) is 15.1 Å². The zero-order valence-electron chi connectivity index (χ0n) is 11.0. The highest BCUT2D eigenvalue weighted by atomic mass is 32.2. The van der Waals surface area contributed by atoms with Crippen molar-refractivity contribution in [1.29, 1.82) is 5.26 Å². The fourth-order valence-corrected chi connectivity index (χ4v) is 2.36. The number of nitriles is 1. The average molecular weight is 280 g/mol. The van der Waals surface area contributed by atoms with Gasteiger partial charge in [-0.15, -0.1) is 0 Å². The van der Waals surface area contributed by atoms with E-state index in [1.165, 1.54) is 0 Å². The van der Waals surface area contributed by atoms with Gasteiger partial charge < -0.3 is 15.2 Å². The molecule has 0 radical (unpaired) electrons. The molecule has 1 aromatic rings. The van der Waals surface area contributed by atoms with Crippen LogP contribution in [0.2, 0.25) is 0 Å².